The van der Waals surface area contributed by atoms with E-state index in [4.69, 9.17) is 4.74 Å². The number of likely N-dealkylation sites (tertiary alicyclic amines) is 1. The number of hydrogen-bond donors (Lipinski definition) is 1. The van der Waals surface area contributed by atoms with Crippen LogP contribution in [0.3, 0.4) is 0 Å². The highest BCUT2D eigenvalue weighted by Crippen LogP contribution is 2.37. The maximum atomic E-state index is 9.78. The van der Waals surface area contributed by atoms with Crippen molar-refractivity contribution in [1.29, 1.82) is 0 Å². The molecule has 0 radical (unpaired) electrons. The van der Waals surface area contributed by atoms with E-state index in [2.05, 4.69) is 35.2 Å². The number of aliphatic hydroxyl groups excluding tert-OH is 1. The van der Waals surface area contributed by atoms with Gasteiger partial charge in [-0.25, -0.2) is 0 Å². The zero-order chi connectivity index (χ0) is 15.4. The molecule has 3 rings (SSSR count). The minimum atomic E-state index is 0.216. The number of aliphatic hydroxyl groups is 1. The zero-order valence-corrected chi connectivity index (χ0v) is 13.0. The highest BCUT2D eigenvalue weighted by atomic mass is 16.5. The molecule has 2 aromatic carbocycles. The molecule has 3 heteroatoms. The summed E-state index contributed by atoms with van der Waals surface area (Å²) in [5.41, 5.74) is 2.53. The third-order valence-electron chi connectivity index (χ3n) is 4.54. The zero-order valence-electron chi connectivity index (χ0n) is 13.0. The van der Waals surface area contributed by atoms with E-state index < -0.39 is 0 Å². The standard InChI is InChI=1S/C19H23NO2/c1-22-19-10-6-5-9-17(19)18-13-20(12-16(18)14-21)11-15-7-3-2-4-8-15/h2-10,16,18,21H,11-14H2,1H3/t16-,18-/m0/s1. The van der Waals surface area contributed by atoms with E-state index >= 15 is 0 Å². The third-order valence-corrected chi connectivity index (χ3v) is 4.54. The fourth-order valence-electron chi connectivity index (χ4n) is 3.44. The van der Waals surface area contributed by atoms with Crippen molar-refractivity contribution in [2.24, 2.45) is 5.92 Å². The van der Waals surface area contributed by atoms with E-state index in [0.717, 1.165) is 25.4 Å². The van der Waals surface area contributed by atoms with Gasteiger partial charge in [0.15, 0.2) is 0 Å². The molecule has 2 aromatic rings. The average molecular weight is 297 g/mol. The molecule has 22 heavy (non-hydrogen) atoms. The Morgan fingerprint density at radius 3 is 2.50 bits per heavy atom. The number of nitrogens with zero attached hydrogens (tertiary/aromatic N) is 1. The lowest BCUT2D eigenvalue weighted by atomic mass is 9.89. The molecule has 3 nitrogen and oxygen atoms in total. The average Bonchev–Trinajstić information content (AvgIpc) is 2.98. The topological polar surface area (TPSA) is 32.7 Å². The molecular formula is C19H23NO2. The van der Waals surface area contributed by atoms with Gasteiger partial charge in [0, 0.05) is 38.1 Å². The minimum absolute atomic E-state index is 0.216. The lowest BCUT2D eigenvalue weighted by Gasteiger charge is -2.19. The molecule has 1 aliphatic heterocycles. The second-order valence-electron chi connectivity index (χ2n) is 5.97. The van der Waals surface area contributed by atoms with Crippen molar-refractivity contribution < 1.29 is 9.84 Å². The highest BCUT2D eigenvalue weighted by molar-refractivity contribution is 5.37. The SMILES string of the molecule is COc1ccccc1[C@H]1CN(Cc2ccccc2)C[C@H]1CO. The highest BCUT2D eigenvalue weighted by Gasteiger charge is 2.34. The Balaban J connectivity index is 1.77. The quantitative estimate of drug-likeness (QED) is 0.921. The van der Waals surface area contributed by atoms with Gasteiger partial charge >= 0.3 is 0 Å². The van der Waals surface area contributed by atoms with Gasteiger partial charge in [0.1, 0.15) is 5.75 Å². The van der Waals surface area contributed by atoms with Crippen LogP contribution in [0.1, 0.15) is 17.0 Å². The van der Waals surface area contributed by atoms with E-state index in [9.17, 15) is 5.11 Å². The van der Waals surface area contributed by atoms with Crippen LogP contribution in [0.15, 0.2) is 54.6 Å². The van der Waals surface area contributed by atoms with Crippen LogP contribution in [-0.2, 0) is 6.54 Å². The van der Waals surface area contributed by atoms with Gasteiger partial charge in [-0.15, -0.1) is 0 Å². The van der Waals surface area contributed by atoms with Gasteiger partial charge < -0.3 is 9.84 Å². The summed E-state index contributed by atoms with van der Waals surface area (Å²) < 4.78 is 5.50. The van der Waals surface area contributed by atoms with Crippen LogP contribution in [0, 0.1) is 5.92 Å². The Hall–Kier alpha value is -1.84. The van der Waals surface area contributed by atoms with Crippen molar-refractivity contribution >= 4 is 0 Å². The molecule has 116 valence electrons. The molecule has 1 N–H and O–H groups in total. The fraction of sp³-hybridized carbons (Fsp3) is 0.368. The maximum Gasteiger partial charge on any atom is 0.122 e. The van der Waals surface area contributed by atoms with Crippen LogP contribution >= 0.6 is 0 Å². The van der Waals surface area contributed by atoms with Crippen molar-refractivity contribution in [1.82, 2.24) is 4.90 Å². The fourth-order valence-corrected chi connectivity index (χ4v) is 3.44. The summed E-state index contributed by atoms with van der Waals surface area (Å²) in [7, 11) is 1.71. The predicted molar refractivity (Wildman–Crippen MR) is 88.0 cm³/mol. The van der Waals surface area contributed by atoms with E-state index in [0.29, 0.717) is 5.92 Å². The van der Waals surface area contributed by atoms with Crippen LogP contribution in [0.5, 0.6) is 5.75 Å². The third kappa shape index (κ3) is 3.16. The molecule has 0 amide bonds. The number of rotatable bonds is 5. The molecule has 0 bridgehead atoms. The molecule has 0 aromatic heterocycles. The first-order valence-electron chi connectivity index (χ1n) is 7.82. The Bertz CT molecular complexity index is 599. The summed E-state index contributed by atoms with van der Waals surface area (Å²) in [6.45, 7) is 3.03. The monoisotopic (exact) mass is 297 g/mol. The van der Waals surface area contributed by atoms with Crippen LogP contribution in [0.4, 0.5) is 0 Å². The molecule has 0 unspecified atom stereocenters. The first-order chi connectivity index (χ1) is 10.8. The number of para-hydroxylation sites is 1. The Morgan fingerprint density at radius 1 is 1.05 bits per heavy atom. The van der Waals surface area contributed by atoms with E-state index in [1.54, 1.807) is 7.11 Å². The lowest BCUT2D eigenvalue weighted by molar-refractivity contribution is 0.213. The first-order valence-corrected chi connectivity index (χ1v) is 7.82. The Kier molecular flexibility index (Phi) is 4.76. The second kappa shape index (κ2) is 6.95. The summed E-state index contributed by atoms with van der Waals surface area (Å²) in [6.07, 6.45) is 0. The smallest absolute Gasteiger partial charge is 0.122 e. The van der Waals surface area contributed by atoms with Gasteiger partial charge in [0.05, 0.1) is 7.11 Å². The molecule has 0 spiro atoms. The summed E-state index contributed by atoms with van der Waals surface area (Å²) in [6, 6.07) is 18.7. The summed E-state index contributed by atoms with van der Waals surface area (Å²) in [4.78, 5) is 2.42. The minimum Gasteiger partial charge on any atom is -0.496 e. The first kappa shape index (κ1) is 15.1. The largest absolute Gasteiger partial charge is 0.496 e. The van der Waals surface area contributed by atoms with Gasteiger partial charge in [-0.2, -0.15) is 0 Å². The number of methoxy groups -OCH3 is 1. The number of benzene rings is 2. The molecule has 0 aliphatic carbocycles. The molecule has 2 atom stereocenters. The van der Waals surface area contributed by atoms with Gasteiger partial charge in [-0.05, 0) is 17.2 Å². The molecule has 1 fully saturated rings. The van der Waals surface area contributed by atoms with Crippen molar-refractivity contribution in [2.75, 3.05) is 26.8 Å². The Labute approximate surface area is 132 Å². The van der Waals surface area contributed by atoms with Crippen LogP contribution in [0.25, 0.3) is 0 Å². The van der Waals surface area contributed by atoms with Gasteiger partial charge in [-0.3, -0.25) is 4.90 Å². The lowest BCUT2D eigenvalue weighted by Crippen LogP contribution is -2.20. The normalized spacial score (nSPS) is 21.9. The maximum absolute atomic E-state index is 9.78. The van der Waals surface area contributed by atoms with Crippen molar-refractivity contribution in [3.05, 3.63) is 65.7 Å². The second-order valence-corrected chi connectivity index (χ2v) is 5.97. The van der Waals surface area contributed by atoms with Crippen LogP contribution in [0.2, 0.25) is 0 Å². The molecule has 0 saturated carbocycles. The van der Waals surface area contributed by atoms with Crippen LogP contribution in [-0.4, -0.2) is 36.8 Å². The van der Waals surface area contributed by atoms with E-state index in [1.165, 1.54) is 11.1 Å². The molecule has 1 saturated heterocycles. The molecular weight excluding hydrogens is 274 g/mol. The molecule has 1 heterocycles. The summed E-state index contributed by atoms with van der Waals surface area (Å²) >= 11 is 0. The van der Waals surface area contributed by atoms with Gasteiger partial charge in [0.25, 0.3) is 0 Å². The van der Waals surface area contributed by atoms with Crippen molar-refractivity contribution in [3.8, 4) is 5.75 Å². The van der Waals surface area contributed by atoms with E-state index in [1.807, 2.05) is 24.3 Å². The summed E-state index contributed by atoms with van der Waals surface area (Å²) in [5.74, 6) is 1.51. The van der Waals surface area contributed by atoms with Crippen molar-refractivity contribution in [3.63, 3.8) is 0 Å². The predicted octanol–water partition coefficient (Wildman–Crippen LogP) is 2.90. The number of hydrogen-bond acceptors (Lipinski definition) is 3. The van der Waals surface area contributed by atoms with Gasteiger partial charge in [0.2, 0.25) is 0 Å². The van der Waals surface area contributed by atoms with Crippen molar-refractivity contribution in [2.45, 2.75) is 12.5 Å². The van der Waals surface area contributed by atoms with Crippen LogP contribution < -0.4 is 4.74 Å². The number of ether oxygens (including phenoxy) is 1. The van der Waals surface area contributed by atoms with E-state index in [-0.39, 0.29) is 12.5 Å². The Morgan fingerprint density at radius 2 is 1.77 bits per heavy atom. The molecule has 1 aliphatic rings. The summed E-state index contributed by atoms with van der Waals surface area (Å²) in [5, 5.41) is 9.78. The van der Waals surface area contributed by atoms with Gasteiger partial charge in [-0.1, -0.05) is 48.5 Å².